The molecule has 0 aliphatic heterocycles. The summed E-state index contributed by atoms with van der Waals surface area (Å²) < 4.78 is 21.0. The lowest BCUT2D eigenvalue weighted by Gasteiger charge is -2.11. The maximum absolute atomic E-state index is 13.4. The van der Waals surface area contributed by atoms with E-state index in [-0.39, 0.29) is 5.82 Å². The van der Waals surface area contributed by atoms with Gasteiger partial charge in [-0.2, -0.15) is 0 Å². The van der Waals surface area contributed by atoms with E-state index in [2.05, 4.69) is 28.8 Å². The summed E-state index contributed by atoms with van der Waals surface area (Å²) in [6.07, 6.45) is 1.86. The SMILES string of the molecule is COc1ccc(-c2nccc3c4ccccc4n(Cc4ccc(F)cc4)c23)cc1. The molecule has 0 amide bonds. The third-order valence-electron chi connectivity index (χ3n) is 5.30. The number of rotatable bonds is 4. The van der Waals surface area contributed by atoms with Gasteiger partial charge in [-0.25, -0.2) is 4.39 Å². The van der Waals surface area contributed by atoms with Crippen molar-refractivity contribution in [2.75, 3.05) is 7.11 Å². The number of nitrogens with zero attached hydrogens (tertiary/aromatic N) is 2. The number of methoxy groups -OCH3 is 1. The molecule has 0 aliphatic carbocycles. The Labute approximate surface area is 168 Å². The van der Waals surface area contributed by atoms with Crippen LogP contribution in [0.1, 0.15) is 5.56 Å². The summed E-state index contributed by atoms with van der Waals surface area (Å²) in [7, 11) is 1.66. The van der Waals surface area contributed by atoms with Gasteiger partial charge >= 0.3 is 0 Å². The number of halogens is 1. The number of aromatic nitrogens is 2. The summed E-state index contributed by atoms with van der Waals surface area (Å²) in [6, 6.07) is 25.0. The number of fused-ring (bicyclic) bond motifs is 3. The largest absolute Gasteiger partial charge is 0.497 e. The van der Waals surface area contributed by atoms with E-state index in [0.29, 0.717) is 6.54 Å². The molecular weight excluding hydrogens is 363 g/mol. The lowest BCUT2D eigenvalue weighted by atomic mass is 10.1. The molecule has 0 unspecified atom stereocenters. The van der Waals surface area contributed by atoms with Crippen molar-refractivity contribution in [2.45, 2.75) is 6.54 Å². The van der Waals surface area contributed by atoms with Crippen LogP contribution in [0.25, 0.3) is 33.1 Å². The third-order valence-corrected chi connectivity index (χ3v) is 5.30. The van der Waals surface area contributed by atoms with Gasteiger partial charge in [0.15, 0.2) is 0 Å². The van der Waals surface area contributed by atoms with Gasteiger partial charge in [-0.15, -0.1) is 0 Å². The number of hydrogen-bond donors (Lipinski definition) is 0. The molecule has 2 heterocycles. The van der Waals surface area contributed by atoms with Crippen LogP contribution in [0.2, 0.25) is 0 Å². The maximum Gasteiger partial charge on any atom is 0.123 e. The quantitative estimate of drug-likeness (QED) is 0.378. The second kappa shape index (κ2) is 7.06. The van der Waals surface area contributed by atoms with E-state index in [1.165, 1.54) is 17.5 Å². The van der Waals surface area contributed by atoms with Gasteiger partial charge in [0.25, 0.3) is 0 Å². The van der Waals surface area contributed by atoms with Gasteiger partial charge in [0, 0.05) is 34.6 Å². The molecule has 0 bridgehead atoms. The minimum absolute atomic E-state index is 0.225. The lowest BCUT2D eigenvalue weighted by molar-refractivity contribution is 0.415. The van der Waals surface area contributed by atoms with Gasteiger partial charge in [0.1, 0.15) is 11.6 Å². The van der Waals surface area contributed by atoms with E-state index in [1.807, 2.05) is 48.7 Å². The first-order valence-electron chi connectivity index (χ1n) is 9.49. The molecule has 0 radical (unpaired) electrons. The minimum atomic E-state index is -0.225. The molecule has 0 atom stereocenters. The van der Waals surface area contributed by atoms with E-state index < -0.39 is 0 Å². The average molecular weight is 382 g/mol. The lowest BCUT2D eigenvalue weighted by Crippen LogP contribution is -2.01. The molecule has 5 rings (SSSR count). The van der Waals surface area contributed by atoms with Gasteiger partial charge in [-0.1, -0.05) is 30.3 Å². The molecule has 0 saturated carbocycles. The topological polar surface area (TPSA) is 27.1 Å². The van der Waals surface area contributed by atoms with E-state index in [1.54, 1.807) is 7.11 Å². The fourth-order valence-corrected chi connectivity index (χ4v) is 3.90. The number of ether oxygens (including phenoxy) is 1. The number of hydrogen-bond acceptors (Lipinski definition) is 2. The second-order valence-corrected chi connectivity index (χ2v) is 7.01. The van der Waals surface area contributed by atoms with Gasteiger partial charge in [0.2, 0.25) is 0 Å². The third kappa shape index (κ3) is 3.03. The van der Waals surface area contributed by atoms with Crippen molar-refractivity contribution in [1.29, 1.82) is 0 Å². The first-order chi connectivity index (χ1) is 14.2. The smallest absolute Gasteiger partial charge is 0.123 e. The molecule has 3 nitrogen and oxygen atoms in total. The summed E-state index contributed by atoms with van der Waals surface area (Å²) in [4.78, 5) is 4.72. The summed E-state index contributed by atoms with van der Waals surface area (Å²) >= 11 is 0. The molecule has 29 heavy (non-hydrogen) atoms. The zero-order valence-electron chi connectivity index (χ0n) is 16.0. The summed E-state index contributed by atoms with van der Waals surface area (Å²) in [5, 5.41) is 2.34. The van der Waals surface area contributed by atoms with Crippen molar-refractivity contribution in [3.8, 4) is 17.0 Å². The van der Waals surface area contributed by atoms with Gasteiger partial charge in [-0.3, -0.25) is 4.98 Å². The van der Waals surface area contributed by atoms with Crippen molar-refractivity contribution >= 4 is 21.8 Å². The standard InChI is InChI=1S/C25H19FN2O/c1-29-20-12-8-18(9-13-20)24-25-22(14-15-27-24)21-4-2-3-5-23(21)28(25)16-17-6-10-19(26)11-7-17/h2-15H,16H2,1H3. The number of pyridine rings is 1. The van der Waals surface area contributed by atoms with Crippen LogP contribution in [0.5, 0.6) is 5.75 Å². The molecule has 0 fully saturated rings. The molecule has 0 aliphatic rings. The molecule has 142 valence electrons. The normalized spacial score (nSPS) is 11.2. The summed E-state index contributed by atoms with van der Waals surface area (Å²) in [6.45, 7) is 0.638. The Kier molecular flexibility index (Phi) is 4.24. The maximum atomic E-state index is 13.4. The van der Waals surface area contributed by atoms with Gasteiger partial charge in [0.05, 0.1) is 18.3 Å². The Hall–Kier alpha value is -3.66. The zero-order valence-corrected chi connectivity index (χ0v) is 16.0. The Morgan fingerprint density at radius 2 is 1.62 bits per heavy atom. The summed E-state index contributed by atoms with van der Waals surface area (Å²) in [5.41, 5.74) is 5.19. The Bertz CT molecular complexity index is 1310. The van der Waals surface area contributed by atoms with Gasteiger partial charge < -0.3 is 9.30 Å². The Morgan fingerprint density at radius 1 is 0.862 bits per heavy atom. The highest BCUT2D eigenvalue weighted by atomic mass is 19.1. The Morgan fingerprint density at radius 3 is 2.38 bits per heavy atom. The van der Waals surface area contributed by atoms with Crippen LogP contribution in [-0.2, 0) is 6.54 Å². The summed E-state index contributed by atoms with van der Waals surface area (Å²) in [5.74, 6) is 0.587. The van der Waals surface area contributed by atoms with E-state index >= 15 is 0 Å². The first kappa shape index (κ1) is 17.4. The van der Waals surface area contributed by atoms with E-state index in [9.17, 15) is 4.39 Å². The van der Waals surface area contributed by atoms with Crippen LogP contribution in [0.4, 0.5) is 4.39 Å². The fourth-order valence-electron chi connectivity index (χ4n) is 3.90. The van der Waals surface area contributed by atoms with Crippen LogP contribution in [0, 0.1) is 5.82 Å². The van der Waals surface area contributed by atoms with Crippen molar-refractivity contribution < 1.29 is 9.13 Å². The highest BCUT2D eigenvalue weighted by Gasteiger charge is 2.16. The van der Waals surface area contributed by atoms with Crippen molar-refractivity contribution in [3.05, 3.63) is 96.4 Å². The molecule has 0 spiro atoms. The average Bonchev–Trinajstić information content (AvgIpc) is 3.09. The molecule has 5 aromatic rings. The predicted molar refractivity (Wildman–Crippen MR) is 115 cm³/mol. The Balaban J connectivity index is 1.77. The van der Waals surface area contributed by atoms with Crippen LogP contribution in [-0.4, -0.2) is 16.7 Å². The monoisotopic (exact) mass is 382 g/mol. The highest BCUT2D eigenvalue weighted by Crippen LogP contribution is 2.35. The molecule has 4 heteroatoms. The first-order valence-corrected chi connectivity index (χ1v) is 9.49. The molecule has 0 N–H and O–H groups in total. The fraction of sp³-hybridized carbons (Fsp3) is 0.0800. The van der Waals surface area contributed by atoms with Crippen molar-refractivity contribution in [1.82, 2.24) is 9.55 Å². The van der Waals surface area contributed by atoms with E-state index in [0.717, 1.165) is 39.0 Å². The molecular formula is C25H19FN2O. The zero-order chi connectivity index (χ0) is 19.8. The van der Waals surface area contributed by atoms with Gasteiger partial charge in [-0.05, 0) is 54.1 Å². The van der Waals surface area contributed by atoms with Crippen LogP contribution in [0.3, 0.4) is 0 Å². The second-order valence-electron chi connectivity index (χ2n) is 7.01. The van der Waals surface area contributed by atoms with Crippen LogP contribution >= 0.6 is 0 Å². The van der Waals surface area contributed by atoms with E-state index in [4.69, 9.17) is 9.72 Å². The molecule has 0 saturated heterocycles. The van der Waals surface area contributed by atoms with Crippen LogP contribution in [0.15, 0.2) is 85.1 Å². The number of para-hydroxylation sites is 1. The predicted octanol–water partition coefficient (Wildman–Crippen LogP) is 6.05. The van der Waals surface area contributed by atoms with Crippen molar-refractivity contribution in [3.63, 3.8) is 0 Å². The van der Waals surface area contributed by atoms with Crippen molar-refractivity contribution in [2.24, 2.45) is 0 Å². The molecule has 2 aromatic heterocycles. The molecule has 3 aromatic carbocycles. The number of benzene rings is 3. The minimum Gasteiger partial charge on any atom is -0.497 e. The highest BCUT2D eigenvalue weighted by molar-refractivity contribution is 6.11. The van der Waals surface area contributed by atoms with Crippen LogP contribution < -0.4 is 4.74 Å².